The zero-order valence-corrected chi connectivity index (χ0v) is 13.6. The first-order valence-electron chi connectivity index (χ1n) is 7.50. The number of carbonyl (C=O) groups is 1. The average molecular weight is 334 g/mol. The summed E-state index contributed by atoms with van der Waals surface area (Å²) in [5.41, 5.74) is 2.08. The Morgan fingerprint density at radius 1 is 1.30 bits per heavy atom. The normalized spacial score (nSPS) is 24.3. The lowest BCUT2D eigenvalue weighted by atomic mass is 10.1. The van der Waals surface area contributed by atoms with E-state index in [-0.39, 0.29) is 11.7 Å². The van der Waals surface area contributed by atoms with Gasteiger partial charge < -0.3 is 9.64 Å². The zero-order chi connectivity index (χ0) is 16.4. The Balaban J connectivity index is 1.95. The standard InChI is InChI=1S/C18H17ClFNO2/c1-23-16-4-2-3-14(19)9-13(11-16)18(22)21-8-7-12-10-15(20)5-6-17(12)21/h4-6,9-11H,2-3,7-8H2,1H3/b13-11+,14-9-,16-4+. The van der Waals surface area contributed by atoms with Crippen molar-refractivity contribution in [1.82, 2.24) is 0 Å². The molecule has 2 aliphatic rings. The maximum Gasteiger partial charge on any atom is 0.258 e. The monoisotopic (exact) mass is 333 g/mol. The summed E-state index contributed by atoms with van der Waals surface area (Å²) in [6.45, 7) is 0.534. The van der Waals surface area contributed by atoms with Gasteiger partial charge in [0.2, 0.25) is 0 Å². The van der Waals surface area contributed by atoms with Gasteiger partial charge >= 0.3 is 0 Å². The third-order valence-electron chi connectivity index (χ3n) is 4.00. The summed E-state index contributed by atoms with van der Waals surface area (Å²) in [4.78, 5) is 14.6. The number of fused-ring (bicyclic) bond motifs is 1. The molecule has 3 rings (SSSR count). The highest BCUT2D eigenvalue weighted by atomic mass is 35.5. The summed E-state index contributed by atoms with van der Waals surface area (Å²) < 4.78 is 18.6. The molecule has 1 aromatic rings. The summed E-state index contributed by atoms with van der Waals surface area (Å²) in [5.74, 6) is 0.210. The lowest BCUT2D eigenvalue weighted by Gasteiger charge is -2.19. The highest BCUT2D eigenvalue weighted by Crippen LogP contribution is 2.31. The Kier molecular flexibility index (Phi) is 4.53. The molecule has 0 saturated carbocycles. The highest BCUT2D eigenvalue weighted by molar-refractivity contribution is 6.30. The largest absolute Gasteiger partial charge is 0.497 e. The Labute approximate surface area is 139 Å². The summed E-state index contributed by atoms with van der Waals surface area (Å²) in [6.07, 6.45) is 7.39. The summed E-state index contributed by atoms with van der Waals surface area (Å²) in [7, 11) is 1.57. The van der Waals surface area contributed by atoms with E-state index in [4.69, 9.17) is 16.3 Å². The van der Waals surface area contributed by atoms with E-state index in [1.165, 1.54) is 12.1 Å². The number of methoxy groups -OCH3 is 1. The smallest absolute Gasteiger partial charge is 0.258 e. The van der Waals surface area contributed by atoms with Crippen LogP contribution in [0.25, 0.3) is 0 Å². The fraction of sp³-hybridized carbons (Fsp3) is 0.278. The molecule has 0 unspecified atom stereocenters. The van der Waals surface area contributed by atoms with Gasteiger partial charge in [-0.3, -0.25) is 4.79 Å². The van der Waals surface area contributed by atoms with Crippen LogP contribution in [0.5, 0.6) is 0 Å². The van der Waals surface area contributed by atoms with Crippen LogP contribution >= 0.6 is 11.6 Å². The summed E-state index contributed by atoms with van der Waals surface area (Å²) in [6, 6.07) is 4.51. The van der Waals surface area contributed by atoms with Gasteiger partial charge in [-0.05, 0) is 61.3 Å². The molecule has 1 aromatic carbocycles. The van der Waals surface area contributed by atoms with Gasteiger partial charge in [-0.1, -0.05) is 11.6 Å². The molecule has 0 atom stereocenters. The number of anilines is 1. The minimum atomic E-state index is -0.282. The number of halogens is 2. The molecular weight excluding hydrogens is 317 g/mol. The number of nitrogens with zero attached hydrogens (tertiary/aromatic N) is 1. The molecule has 23 heavy (non-hydrogen) atoms. The van der Waals surface area contributed by atoms with Gasteiger partial charge in [-0.25, -0.2) is 4.39 Å². The SMILES string of the molecule is COC1=C/CC/C(Cl)=C/C(C(=O)N2CCc3cc(F)ccc32)=C\1. The van der Waals surface area contributed by atoms with Crippen molar-refractivity contribution in [2.24, 2.45) is 0 Å². The molecule has 120 valence electrons. The molecule has 1 aliphatic carbocycles. The molecule has 3 nitrogen and oxygen atoms in total. The van der Waals surface area contributed by atoms with E-state index in [1.807, 2.05) is 6.08 Å². The lowest BCUT2D eigenvalue weighted by molar-refractivity contribution is -0.114. The van der Waals surface area contributed by atoms with E-state index in [0.29, 0.717) is 35.8 Å². The molecule has 0 radical (unpaired) electrons. The van der Waals surface area contributed by atoms with Gasteiger partial charge in [-0.15, -0.1) is 0 Å². The second-order valence-corrected chi connectivity index (χ2v) is 6.01. The van der Waals surface area contributed by atoms with Crippen molar-refractivity contribution in [2.45, 2.75) is 19.3 Å². The third kappa shape index (κ3) is 3.32. The topological polar surface area (TPSA) is 29.5 Å². The number of hydrogen-bond acceptors (Lipinski definition) is 2. The Morgan fingerprint density at radius 2 is 2.13 bits per heavy atom. The predicted molar refractivity (Wildman–Crippen MR) is 88.8 cm³/mol. The maximum absolute atomic E-state index is 13.3. The van der Waals surface area contributed by atoms with Gasteiger partial charge in [-0.2, -0.15) is 0 Å². The first-order chi connectivity index (χ1) is 11.1. The quantitative estimate of drug-likeness (QED) is 0.816. The zero-order valence-electron chi connectivity index (χ0n) is 12.8. The van der Waals surface area contributed by atoms with Crippen LogP contribution in [0.4, 0.5) is 10.1 Å². The maximum atomic E-state index is 13.3. The van der Waals surface area contributed by atoms with Crippen LogP contribution in [0.15, 0.2) is 52.8 Å². The number of allylic oxidation sites excluding steroid dienone is 3. The molecule has 0 bridgehead atoms. The molecule has 0 aromatic heterocycles. The second kappa shape index (κ2) is 6.59. The third-order valence-corrected chi connectivity index (χ3v) is 4.30. The Bertz CT molecular complexity index is 737. The number of ether oxygens (including phenoxy) is 1. The number of benzene rings is 1. The van der Waals surface area contributed by atoms with Crippen molar-refractivity contribution in [2.75, 3.05) is 18.6 Å². The van der Waals surface area contributed by atoms with Crippen molar-refractivity contribution in [1.29, 1.82) is 0 Å². The molecule has 0 fully saturated rings. The second-order valence-electron chi connectivity index (χ2n) is 5.52. The highest BCUT2D eigenvalue weighted by Gasteiger charge is 2.27. The van der Waals surface area contributed by atoms with E-state index in [9.17, 15) is 9.18 Å². The fourth-order valence-electron chi connectivity index (χ4n) is 2.85. The lowest BCUT2D eigenvalue weighted by Crippen LogP contribution is -2.30. The first kappa shape index (κ1) is 15.8. The van der Waals surface area contributed by atoms with E-state index in [2.05, 4.69) is 0 Å². The number of amides is 1. The molecule has 1 aliphatic heterocycles. The number of carbonyl (C=O) groups excluding carboxylic acids is 1. The number of hydrogen-bond donors (Lipinski definition) is 0. The minimum Gasteiger partial charge on any atom is -0.497 e. The van der Waals surface area contributed by atoms with E-state index >= 15 is 0 Å². The fourth-order valence-corrected chi connectivity index (χ4v) is 3.08. The van der Waals surface area contributed by atoms with Gasteiger partial charge in [0, 0.05) is 22.8 Å². The van der Waals surface area contributed by atoms with Gasteiger partial charge in [0.1, 0.15) is 11.6 Å². The van der Waals surface area contributed by atoms with E-state index in [0.717, 1.165) is 17.7 Å². The van der Waals surface area contributed by atoms with Crippen LogP contribution in [-0.4, -0.2) is 19.6 Å². The van der Waals surface area contributed by atoms with Crippen LogP contribution in [0.1, 0.15) is 18.4 Å². The molecular formula is C18H17ClFNO2. The van der Waals surface area contributed by atoms with Crippen LogP contribution in [0.2, 0.25) is 0 Å². The van der Waals surface area contributed by atoms with E-state index in [1.54, 1.807) is 30.2 Å². The average Bonchev–Trinajstić information content (AvgIpc) is 2.92. The van der Waals surface area contributed by atoms with Gasteiger partial charge in [0.15, 0.2) is 0 Å². The molecule has 1 amide bonds. The Hall–Kier alpha value is -2.07. The van der Waals surface area contributed by atoms with Crippen LogP contribution in [0.3, 0.4) is 0 Å². The van der Waals surface area contributed by atoms with Gasteiger partial charge in [0.05, 0.1) is 7.11 Å². The Morgan fingerprint density at radius 3 is 2.91 bits per heavy atom. The number of rotatable bonds is 2. The van der Waals surface area contributed by atoms with Crippen molar-refractivity contribution in [3.05, 3.63) is 64.2 Å². The molecule has 0 saturated heterocycles. The molecule has 0 N–H and O–H groups in total. The van der Waals surface area contributed by atoms with Crippen LogP contribution < -0.4 is 4.90 Å². The van der Waals surface area contributed by atoms with E-state index < -0.39 is 0 Å². The molecule has 0 spiro atoms. The summed E-state index contributed by atoms with van der Waals surface area (Å²) in [5, 5.41) is 0.634. The summed E-state index contributed by atoms with van der Waals surface area (Å²) >= 11 is 6.18. The van der Waals surface area contributed by atoms with Crippen molar-refractivity contribution < 1.29 is 13.9 Å². The van der Waals surface area contributed by atoms with Crippen molar-refractivity contribution in [3.63, 3.8) is 0 Å². The van der Waals surface area contributed by atoms with Crippen molar-refractivity contribution >= 4 is 23.2 Å². The van der Waals surface area contributed by atoms with Gasteiger partial charge in [0.25, 0.3) is 5.91 Å². The predicted octanol–water partition coefficient (Wildman–Crippen LogP) is 4.09. The van der Waals surface area contributed by atoms with Crippen LogP contribution in [0, 0.1) is 5.82 Å². The van der Waals surface area contributed by atoms with Crippen LogP contribution in [-0.2, 0) is 16.0 Å². The first-order valence-corrected chi connectivity index (χ1v) is 7.88. The molecule has 5 heteroatoms. The molecule has 1 heterocycles. The van der Waals surface area contributed by atoms with Crippen molar-refractivity contribution in [3.8, 4) is 0 Å². The minimum absolute atomic E-state index is 0.154.